The first kappa shape index (κ1) is 21.6. The molecule has 0 bridgehead atoms. The zero-order valence-electron chi connectivity index (χ0n) is 17.8. The normalized spacial score (nSPS) is 14.0. The molecule has 0 radical (unpaired) electrons. The van der Waals surface area contributed by atoms with Gasteiger partial charge in [0.25, 0.3) is 11.8 Å². The van der Waals surface area contributed by atoms with E-state index in [2.05, 4.69) is 10.6 Å². The number of methoxy groups -OCH3 is 1. The van der Waals surface area contributed by atoms with Gasteiger partial charge in [-0.2, -0.15) is 0 Å². The predicted octanol–water partition coefficient (Wildman–Crippen LogP) is 1.64. The van der Waals surface area contributed by atoms with Crippen LogP contribution in [0.15, 0.2) is 42.5 Å². The predicted molar refractivity (Wildman–Crippen MR) is 115 cm³/mol. The molecule has 1 aliphatic rings. The molecule has 30 heavy (non-hydrogen) atoms. The minimum Gasteiger partial charge on any atom is -0.493 e. The number of hydrogen-bond acceptors (Lipinski definition) is 4. The molecule has 0 aromatic heterocycles. The fraction of sp³-hybridized carbons (Fsp3) is 0.391. The van der Waals surface area contributed by atoms with E-state index in [1.54, 1.807) is 25.3 Å². The third-order valence-corrected chi connectivity index (χ3v) is 4.85. The molecule has 1 aliphatic carbocycles. The summed E-state index contributed by atoms with van der Waals surface area (Å²) >= 11 is 0. The number of benzene rings is 2. The number of carbonyl (C=O) groups excluding carboxylic acids is 2. The van der Waals surface area contributed by atoms with Crippen molar-refractivity contribution in [3.8, 4) is 11.5 Å². The lowest BCUT2D eigenvalue weighted by Crippen LogP contribution is -3.08. The number of likely N-dealkylation sites (N-methyl/N-ethyl adjacent to an activating group) is 1. The molecule has 3 N–H and O–H groups in total. The van der Waals surface area contributed by atoms with Crippen molar-refractivity contribution in [1.82, 2.24) is 5.32 Å². The number of carbonyl (C=O) groups is 2. The Morgan fingerprint density at radius 2 is 1.90 bits per heavy atom. The SMILES string of the molecule is CCOc1ccc(C[NH+](C)CC(=O)Nc2ccccc2C(=O)NC2CC2)cc1OC. The second-order valence-electron chi connectivity index (χ2n) is 7.57. The molecule has 7 nitrogen and oxygen atoms in total. The standard InChI is InChI=1S/C23H29N3O4/c1-4-30-20-12-9-16(13-21(20)29-3)14-26(2)15-22(27)25-19-8-6-5-7-18(19)23(28)24-17-10-11-17/h5-9,12-13,17H,4,10-11,14-15H2,1-3H3,(H,24,28)(H,25,27)/p+1. The van der Waals surface area contributed by atoms with Gasteiger partial charge in [-0.1, -0.05) is 12.1 Å². The van der Waals surface area contributed by atoms with Crippen LogP contribution in [0.3, 0.4) is 0 Å². The topological polar surface area (TPSA) is 81.1 Å². The molecule has 2 amide bonds. The first-order chi connectivity index (χ1) is 14.5. The molecule has 0 aliphatic heterocycles. The van der Waals surface area contributed by atoms with Gasteiger partial charge in [0.15, 0.2) is 18.0 Å². The van der Waals surface area contributed by atoms with Gasteiger partial charge in [-0.05, 0) is 50.1 Å². The number of hydrogen-bond donors (Lipinski definition) is 3. The van der Waals surface area contributed by atoms with E-state index in [-0.39, 0.29) is 24.4 Å². The fourth-order valence-electron chi connectivity index (χ4n) is 3.26. The molecule has 2 aromatic rings. The molecule has 3 rings (SSSR count). The zero-order valence-corrected chi connectivity index (χ0v) is 17.8. The minimum absolute atomic E-state index is 0.142. The highest BCUT2D eigenvalue weighted by molar-refractivity contribution is 6.04. The van der Waals surface area contributed by atoms with Crippen LogP contribution in [0.1, 0.15) is 35.7 Å². The van der Waals surface area contributed by atoms with Gasteiger partial charge in [0.2, 0.25) is 0 Å². The molecule has 1 atom stereocenters. The van der Waals surface area contributed by atoms with Gasteiger partial charge in [0.1, 0.15) is 6.54 Å². The van der Waals surface area contributed by atoms with Crippen molar-refractivity contribution in [3.05, 3.63) is 53.6 Å². The molecule has 160 valence electrons. The molecule has 7 heteroatoms. The zero-order chi connectivity index (χ0) is 21.5. The van der Waals surface area contributed by atoms with Crippen molar-refractivity contribution < 1.29 is 24.0 Å². The fourth-order valence-corrected chi connectivity index (χ4v) is 3.26. The second kappa shape index (κ2) is 10.1. The van der Waals surface area contributed by atoms with E-state index in [4.69, 9.17) is 9.47 Å². The van der Waals surface area contributed by atoms with Gasteiger partial charge >= 0.3 is 0 Å². The number of anilines is 1. The van der Waals surface area contributed by atoms with Crippen LogP contribution in [-0.2, 0) is 11.3 Å². The van der Waals surface area contributed by atoms with Crippen LogP contribution >= 0.6 is 0 Å². The van der Waals surface area contributed by atoms with Gasteiger partial charge in [-0.15, -0.1) is 0 Å². The highest BCUT2D eigenvalue weighted by Crippen LogP contribution is 2.27. The Morgan fingerprint density at radius 3 is 2.60 bits per heavy atom. The molecular formula is C23H30N3O4+. The molecule has 0 saturated heterocycles. The van der Waals surface area contributed by atoms with E-state index >= 15 is 0 Å². The summed E-state index contributed by atoms with van der Waals surface area (Å²) in [6.07, 6.45) is 2.04. The van der Waals surface area contributed by atoms with Crippen molar-refractivity contribution in [3.63, 3.8) is 0 Å². The number of nitrogens with one attached hydrogen (secondary N) is 3. The molecule has 1 fully saturated rings. The summed E-state index contributed by atoms with van der Waals surface area (Å²) in [5.41, 5.74) is 2.08. The van der Waals surface area contributed by atoms with E-state index in [0.717, 1.165) is 23.3 Å². The van der Waals surface area contributed by atoms with Gasteiger partial charge in [0, 0.05) is 11.6 Å². The monoisotopic (exact) mass is 412 g/mol. The summed E-state index contributed by atoms with van der Waals surface area (Å²) in [7, 11) is 3.57. The van der Waals surface area contributed by atoms with Gasteiger partial charge in [0.05, 0.1) is 32.0 Å². The van der Waals surface area contributed by atoms with E-state index < -0.39 is 0 Å². The number of para-hydroxylation sites is 1. The first-order valence-corrected chi connectivity index (χ1v) is 10.3. The van der Waals surface area contributed by atoms with Gasteiger partial charge in [-0.25, -0.2) is 0 Å². The lowest BCUT2D eigenvalue weighted by atomic mass is 10.1. The van der Waals surface area contributed by atoms with Crippen LogP contribution in [0.5, 0.6) is 11.5 Å². The summed E-state index contributed by atoms with van der Waals surface area (Å²) in [4.78, 5) is 26.0. The van der Waals surface area contributed by atoms with Crippen LogP contribution in [-0.4, -0.2) is 45.2 Å². The van der Waals surface area contributed by atoms with E-state index in [0.29, 0.717) is 35.9 Å². The Kier molecular flexibility index (Phi) is 7.30. The Morgan fingerprint density at radius 1 is 1.13 bits per heavy atom. The van der Waals surface area contributed by atoms with Crippen molar-refractivity contribution in [2.24, 2.45) is 0 Å². The van der Waals surface area contributed by atoms with Crippen LogP contribution < -0.4 is 25.0 Å². The smallest absolute Gasteiger partial charge is 0.279 e. The van der Waals surface area contributed by atoms with E-state index in [1.807, 2.05) is 38.2 Å². The van der Waals surface area contributed by atoms with Crippen LogP contribution in [0.25, 0.3) is 0 Å². The maximum absolute atomic E-state index is 12.6. The van der Waals surface area contributed by atoms with Crippen molar-refractivity contribution in [1.29, 1.82) is 0 Å². The number of quaternary nitrogens is 1. The lowest BCUT2D eigenvalue weighted by molar-refractivity contribution is -0.885. The third kappa shape index (κ3) is 5.97. The molecule has 0 spiro atoms. The summed E-state index contributed by atoms with van der Waals surface area (Å²) < 4.78 is 10.9. The van der Waals surface area contributed by atoms with Gasteiger partial charge in [-0.3, -0.25) is 9.59 Å². The largest absolute Gasteiger partial charge is 0.493 e. The van der Waals surface area contributed by atoms with Crippen molar-refractivity contribution in [2.75, 3.05) is 32.6 Å². The van der Waals surface area contributed by atoms with Crippen molar-refractivity contribution >= 4 is 17.5 Å². The molecule has 1 unspecified atom stereocenters. The molecule has 1 saturated carbocycles. The van der Waals surface area contributed by atoms with Gasteiger partial charge < -0.3 is 25.0 Å². The van der Waals surface area contributed by atoms with Crippen molar-refractivity contribution in [2.45, 2.75) is 32.4 Å². The summed E-state index contributed by atoms with van der Waals surface area (Å²) in [5.74, 6) is 1.11. The minimum atomic E-state index is -0.143. The molecule has 0 heterocycles. The quantitative estimate of drug-likeness (QED) is 0.554. The van der Waals surface area contributed by atoms with Crippen LogP contribution in [0, 0.1) is 0 Å². The molecule has 2 aromatic carbocycles. The summed E-state index contributed by atoms with van der Waals surface area (Å²) in [6, 6.07) is 13.2. The second-order valence-corrected chi connectivity index (χ2v) is 7.57. The maximum atomic E-state index is 12.6. The average Bonchev–Trinajstić information content (AvgIpc) is 3.53. The van der Waals surface area contributed by atoms with Crippen LogP contribution in [0.2, 0.25) is 0 Å². The third-order valence-electron chi connectivity index (χ3n) is 4.85. The lowest BCUT2D eigenvalue weighted by Gasteiger charge is -2.16. The Bertz CT molecular complexity index is 896. The maximum Gasteiger partial charge on any atom is 0.279 e. The highest BCUT2D eigenvalue weighted by atomic mass is 16.5. The van der Waals surface area contributed by atoms with E-state index in [1.165, 1.54) is 0 Å². The number of ether oxygens (including phenoxy) is 2. The average molecular weight is 413 g/mol. The Balaban J connectivity index is 1.58. The van der Waals surface area contributed by atoms with Crippen LogP contribution in [0.4, 0.5) is 5.69 Å². The highest BCUT2D eigenvalue weighted by Gasteiger charge is 2.25. The summed E-state index contributed by atoms with van der Waals surface area (Å²) in [6.45, 7) is 3.42. The Hall–Kier alpha value is -3.06. The first-order valence-electron chi connectivity index (χ1n) is 10.3. The summed E-state index contributed by atoms with van der Waals surface area (Å²) in [5, 5.41) is 5.85. The van der Waals surface area contributed by atoms with E-state index in [9.17, 15) is 9.59 Å². The number of amides is 2. The molecular weight excluding hydrogens is 382 g/mol. The Labute approximate surface area is 177 Å². The number of rotatable bonds is 10.